The molecule has 0 unspecified atom stereocenters. The van der Waals surface area contributed by atoms with Crippen LogP contribution in [0.5, 0.6) is 0 Å². The van der Waals surface area contributed by atoms with E-state index in [-0.39, 0.29) is 5.82 Å². The second-order valence-electron chi connectivity index (χ2n) is 3.49. The Balaban J connectivity index is 2.90. The van der Waals surface area contributed by atoms with Gasteiger partial charge in [0.15, 0.2) is 0 Å². The molecule has 0 atom stereocenters. The number of nitrogens with zero attached hydrogens (tertiary/aromatic N) is 2. The quantitative estimate of drug-likeness (QED) is 0.790. The first kappa shape index (κ1) is 10.4. The van der Waals surface area contributed by atoms with Gasteiger partial charge in [0.1, 0.15) is 11.6 Å². The van der Waals surface area contributed by atoms with Crippen molar-refractivity contribution in [3.63, 3.8) is 0 Å². The van der Waals surface area contributed by atoms with Crippen molar-refractivity contribution in [3.8, 4) is 0 Å². The Hall–Kier alpha value is -1.16. The van der Waals surface area contributed by atoms with Crippen LogP contribution in [-0.2, 0) is 0 Å². The van der Waals surface area contributed by atoms with Gasteiger partial charge < -0.3 is 4.90 Å². The van der Waals surface area contributed by atoms with Gasteiger partial charge in [-0.15, -0.1) is 0 Å². The maximum Gasteiger partial charge on any atom is 0.138 e. The van der Waals surface area contributed by atoms with Gasteiger partial charge in [-0.05, 0) is 22.0 Å². The third-order valence-corrected chi connectivity index (χ3v) is 2.85. The van der Waals surface area contributed by atoms with Gasteiger partial charge >= 0.3 is 0 Å². The minimum Gasteiger partial charge on any atom is -0.362 e. The lowest BCUT2D eigenvalue weighted by Gasteiger charge is -2.15. The molecule has 0 radical (unpaired) electrons. The Bertz CT molecular complexity index is 511. The van der Waals surface area contributed by atoms with Gasteiger partial charge in [0.25, 0.3) is 0 Å². The van der Waals surface area contributed by atoms with E-state index in [1.165, 1.54) is 6.07 Å². The molecule has 0 aliphatic heterocycles. The number of aromatic nitrogens is 1. The molecule has 15 heavy (non-hydrogen) atoms. The van der Waals surface area contributed by atoms with Crippen LogP contribution in [0.25, 0.3) is 10.8 Å². The van der Waals surface area contributed by atoms with E-state index in [4.69, 9.17) is 0 Å². The smallest absolute Gasteiger partial charge is 0.138 e. The molecule has 0 saturated heterocycles. The van der Waals surface area contributed by atoms with Crippen molar-refractivity contribution in [1.29, 1.82) is 0 Å². The molecule has 0 bridgehead atoms. The highest BCUT2D eigenvalue weighted by Crippen LogP contribution is 2.31. The van der Waals surface area contributed by atoms with Crippen molar-refractivity contribution < 1.29 is 4.39 Å². The highest BCUT2D eigenvalue weighted by molar-refractivity contribution is 9.10. The second-order valence-corrected chi connectivity index (χ2v) is 4.34. The molecule has 0 N–H and O–H groups in total. The predicted molar refractivity (Wildman–Crippen MR) is 63.7 cm³/mol. The molecular formula is C11H10BrFN2. The van der Waals surface area contributed by atoms with Gasteiger partial charge in [-0.3, -0.25) is 0 Å². The minimum atomic E-state index is -0.245. The molecule has 0 aliphatic carbocycles. The topological polar surface area (TPSA) is 16.1 Å². The molecule has 0 saturated carbocycles. The average molecular weight is 269 g/mol. The van der Waals surface area contributed by atoms with Crippen molar-refractivity contribution in [2.45, 2.75) is 0 Å². The summed E-state index contributed by atoms with van der Waals surface area (Å²) in [7, 11) is 3.70. The van der Waals surface area contributed by atoms with Gasteiger partial charge in [-0.2, -0.15) is 0 Å². The first-order chi connectivity index (χ1) is 7.11. The minimum absolute atomic E-state index is 0.245. The van der Waals surface area contributed by atoms with E-state index in [9.17, 15) is 4.39 Å². The number of pyridine rings is 1. The largest absolute Gasteiger partial charge is 0.362 e. The highest BCUT2D eigenvalue weighted by Gasteiger charge is 2.11. The Morgan fingerprint density at radius 2 is 2.07 bits per heavy atom. The number of anilines is 1. The first-order valence-corrected chi connectivity index (χ1v) is 5.30. The van der Waals surface area contributed by atoms with Crippen LogP contribution in [0.3, 0.4) is 0 Å². The second kappa shape index (κ2) is 3.77. The summed E-state index contributed by atoms with van der Waals surface area (Å²) in [6.45, 7) is 0. The summed E-state index contributed by atoms with van der Waals surface area (Å²) >= 11 is 3.37. The molecule has 2 rings (SSSR count). The summed E-state index contributed by atoms with van der Waals surface area (Å²) in [4.78, 5) is 6.01. The van der Waals surface area contributed by atoms with E-state index in [2.05, 4.69) is 20.9 Å². The molecule has 1 aromatic carbocycles. The molecule has 4 heteroatoms. The van der Waals surface area contributed by atoms with E-state index in [1.807, 2.05) is 20.2 Å². The average Bonchev–Trinajstić information content (AvgIpc) is 2.19. The maximum atomic E-state index is 13.7. The Morgan fingerprint density at radius 1 is 1.33 bits per heavy atom. The Labute approximate surface area is 95.9 Å². The summed E-state index contributed by atoms with van der Waals surface area (Å²) < 4.78 is 14.5. The van der Waals surface area contributed by atoms with Crippen LogP contribution in [-0.4, -0.2) is 19.1 Å². The van der Waals surface area contributed by atoms with E-state index < -0.39 is 0 Å². The third-order valence-electron chi connectivity index (χ3n) is 2.22. The molecular weight excluding hydrogens is 259 g/mol. The van der Waals surface area contributed by atoms with Gasteiger partial charge in [0.2, 0.25) is 0 Å². The molecule has 0 spiro atoms. The van der Waals surface area contributed by atoms with E-state index >= 15 is 0 Å². The molecule has 78 valence electrons. The van der Waals surface area contributed by atoms with Crippen LogP contribution in [0.15, 0.2) is 28.9 Å². The Kier molecular flexibility index (Phi) is 2.61. The lowest BCUT2D eigenvalue weighted by molar-refractivity contribution is 0.639. The molecule has 2 nitrogen and oxygen atoms in total. The first-order valence-electron chi connectivity index (χ1n) is 4.51. The fourth-order valence-electron chi connectivity index (χ4n) is 1.54. The molecule has 1 heterocycles. The summed E-state index contributed by atoms with van der Waals surface area (Å²) in [5.41, 5.74) is 0. The van der Waals surface area contributed by atoms with Crippen LogP contribution in [0.4, 0.5) is 10.2 Å². The van der Waals surface area contributed by atoms with Gasteiger partial charge in [-0.25, -0.2) is 9.37 Å². The number of benzene rings is 1. The number of rotatable bonds is 1. The van der Waals surface area contributed by atoms with E-state index in [0.29, 0.717) is 11.2 Å². The maximum absolute atomic E-state index is 13.7. The normalized spacial score (nSPS) is 10.7. The van der Waals surface area contributed by atoms with Crippen LogP contribution in [0.2, 0.25) is 0 Å². The zero-order valence-corrected chi connectivity index (χ0v) is 10.0. The van der Waals surface area contributed by atoms with Gasteiger partial charge in [-0.1, -0.05) is 12.1 Å². The highest BCUT2D eigenvalue weighted by atomic mass is 79.9. The van der Waals surface area contributed by atoms with Crippen molar-refractivity contribution in [2.24, 2.45) is 0 Å². The fraction of sp³-hybridized carbons (Fsp3) is 0.182. The molecule has 1 aromatic heterocycles. The summed E-state index contributed by atoms with van der Waals surface area (Å²) in [5, 5.41) is 1.39. The van der Waals surface area contributed by atoms with E-state index in [1.54, 1.807) is 17.2 Å². The number of halogens is 2. The lowest BCUT2D eigenvalue weighted by Crippen LogP contribution is -2.11. The predicted octanol–water partition coefficient (Wildman–Crippen LogP) is 3.20. The van der Waals surface area contributed by atoms with Gasteiger partial charge in [0.05, 0.1) is 5.39 Å². The number of hydrogen-bond donors (Lipinski definition) is 0. The van der Waals surface area contributed by atoms with Gasteiger partial charge in [0, 0.05) is 30.2 Å². The zero-order chi connectivity index (χ0) is 11.0. The van der Waals surface area contributed by atoms with Crippen molar-refractivity contribution in [3.05, 3.63) is 34.7 Å². The van der Waals surface area contributed by atoms with Crippen molar-refractivity contribution in [1.82, 2.24) is 4.98 Å². The van der Waals surface area contributed by atoms with Crippen LogP contribution < -0.4 is 4.90 Å². The van der Waals surface area contributed by atoms with Crippen molar-refractivity contribution >= 4 is 32.5 Å². The molecule has 2 aromatic rings. The summed E-state index contributed by atoms with van der Waals surface area (Å²) in [6, 6.07) is 5.02. The number of fused-ring (bicyclic) bond motifs is 1. The zero-order valence-electron chi connectivity index (χ0n) is 8.46. The molecule has 0 aliphatic rings. The standard InChI is InChI=1S/C11H10BrFN2/c1-15(2)11-10-7(8(12)6-14-11)4-3-5-9(10)13/h3-6H,1-2H3. The summed E-state index contributed by atoms with van der Waals surface area (Å²) in [5.74, 6) is 0.399. The van der Waals surface area contributed by atoms with Crippen LogP contribution in [0, 0.1) is 5.82 Å². The lowest BCUT2D eigenvalue weighted by atomic mass is 10.1. The van der Waals surface area contributed by atoms with Crippen LogP contribution in [0.1, 0.15) is 0 Å². The monoisotopic (exact) mass is 268 g/mol. The van der Waals surface area contributed by atoms with E-state index in [0.717, 1.165) is 9.86 Å². The SMILES string of the molecule is CN(C)c1ncc(Br)c2cccc(F)c12. The molecule has 0 amide bonds. The van der Waals surface area contributed by atoms with Crippen LogP contribution >= 0.6 is 15.9 Å². The summed E-state index contributed by atoms with van der Waals surface area (Å²) in [6.07, 6.45) is 1.69. The van der Waals surface area contributed by atoms with Crippen molar-refractivity contribution in [2.75, 3.05) is 19.0 Å². The fourth-order valence-corrected chi connectivity index (χ4v) is 1.97. The number of hydrogen-bond acceptors (Lipinski definition) is 2. The Morgan fingerprint density at radius 3 is 2.73 bits per heavy atom. The molecule has 0 fully saturated rings. The third kappa shape index (κ3) is 1.69.